The van der Waals surface area contributed by atoms with Crippen molar-refractivity contribution in [2.24, 2.45) is 0 Å². The van der Waals surface area contributed by atoms with Gasteiger partial charge in [0.2, 0.25) is 0 Å². The van der Waals surface area contributed by atoms with Gasteiger partial charge < -0.3 is 14.8 Å². The Hall–Kier alpha value is -1.95. The number of nitrogens with zero attached hydrogens (tertiary/aromatic N) is 2. The molecule has 2 aromatic rings. The molecule has 1 N–H and O–H groups in total. The average Bonchev–Trinajstić information content (AvgIpc) is 3.44. The number of ether oxygens (including phenoxy) is 2. The van der Waals surface area contributed by atoms with E-state index < -0.39 is 0 Å². The molecular formula is C18H23N3O2S. The van der Waals surface area contributed by atoms with Crippen LogP contribution in [0.2, 0.25) is 0 Å². The van der Waals surface area contributed by atoms with Gasteiger partial charge in [-0.05, 0) is 49.6 Å². The molecule has 1 heterocycles. The molecule has 0 aliphatic heterocycles. The van der Waals surface area contributed by atoms with Crippen LogP contribution in [-0.2, 0) is 12.8 Å². The lowest BCUT2D eigenvalue weighted by molar-refractivity contribution is 0.393. The standard InChI is InChI=1S/C18H23N3O2S/c1-22-15-8-12(9-16(10-15)23-2)4-5-13-11-19-18(24-3)21-17(13)20-14-6-7-14/h8-11,14H,4-7H2,1-3H3,(H,19,20,21). The lowest BCUT2D eigenvalue weighted by Crippen LogP contribution is -2.08. The van der Waals surface area contributed by atoms with Crippen molar-refractivity contribution in [2.45, 2.75) is 36.9 Å². The van der Waals surface area contributed by atoms with Crippen molar-refractivity contribution in [2.75, 3.05) is 25.8 Å². The van der Waals surface area contributed by atoms with Crippen molar-refractivity contribution in [3.05, 3.63) is 35.5 Å². The zero-order valence-electron chi connectivity index (χ0n) is 14.3. The Morgan fingerprint density at radius 3 is 2.42 bits per heavy atom. The summed E-state index contributed by atoms with van der Waals surface area (Å²) in [5.74, 6) is 2.61. The molecule has 1 aromatic heterocycles. The molecule has 1 aliphatic carbocycles. The molecule has 5 nitrogen and oxygen atoms in total. The summed E-state index contributed by atoms with van der Waals surface area (Å²) in [4.78, 5) is 9.07. The fourth-order valence-corrected chi connectivity index (χ4v) is 2.85. The van der Waals surface area contributed by atoms with E-state index >= 15 is 0 Å². The van der Waals surface area contributed by atoms with Gasteiger partial charge in [-0.3, -0.25) is 0 Å². The molecule has 24 heavy (non-hydrogen) atoms. The van der Waals surface area contributed by atoms with Crippen LogP contribution in [0.3, 0.4) is 0 Å². The minimum Gasteiger partial charge on any atom is -0.497 e. The molecule has 128 valence electrons. The first kappa shape index (κ1) is 16.9. The van der Waals surface area contributed by atoms with Crippen molar-refractivity contribution in [1.29, 1.82) is 0 Å². The van der Waals surface area contributed by atoms with Crippen LogP contribution in [0.5, 0.6) is 11.5 Å². The quantitative estimate of drug-likeness (QED) is 0.583. The largest absolute Gasteiger partial charge is 0.497 e. The van der Waals surface area contributed by atoms with Gasteiger partial charge in [-0.2, -0.15) is 0 Å². The molecule has 0 bridgehead atoms. The molecule has 3 rings (SSSR count). The normalized spacial score (nSPS) is 13.6. The van der Waals surface area contributed by atoms with Crippen LogP contribution >= 0.6 is 11.8 Å². The van der Waals surface area contributed by atoms with Crippen LogP contribution in [0, 0.1) is 0 Å². The third kappa shape index (κ3) is 4.32. The maximum atomic E-state index is 5.34. The first-order valence-corrected chi connectivity index (χ1v) is 9.32. The molecule has 0 saturated heterocycles. The van der Waals surface area contributed by atoms with Crippen LogP contribution in [0.25, 0.3) is 0 Å². The SMILES string of the molecule is COc1cc(CCc2cnc(SC)nc2NC2CC2)cc(OC)c1. The molecule has 0 radical (unpaired) electrons. The minimum absolute atomic E-state index is 0.574. The van der Waals surface area contributed by atoms with Crippen LogP contribution < -0.4 is 14.8 Å². The number of benzene rings is 1. The van der Waals surface area contributed by atoms with Gasteiger partial charge in [0.25, 0.3) is 0 Å². The third-order valence-corrected chi connectivity index (χ3v) is 4.60. The molecule has 0 unspecified atom stereocenters. The molecular weight excluding hydrogens is 322 g/mol. The van der Waals surface area contributed by atoms with E-state index in [0.717, 1.165) is 40.9 Å². The summed E-state index contributed by atoms with van der Waals surface area (Å²) in [6.45, 7) is 0. The Morgan fingerprint density at radius 2 is 1.83 bits per heavy atom. The number of hydrogen-bond acceptors (Lipinski definition) is 6. The maximum absolute atomic E-state index is 5.34. The molecule has 1 aromatic carbocycles. The van der Waals surface area contributed by atoms with Gasteiger partial charge in [-0.1, -0.05) is 11.8 Å². The average molecular weight is 345 g/mol. The van der Waals surface area contributed by atoms with Gasteiger partial charge in [0.1, 0.15) is 17.3 Å². The van der Waals surface area contributed by atoms with E-state index in [9.17, 15) is 0 Å². The highest BCUT2D eigenvalue weighted by Crippen LogP contribution is 2.28. The lowest BCUT2D eigenvalue weighted by Gasteiger charge is -2.12. The number of hydrogen-bond donors (Lipinski definition) is 1. The van der Waals surface area contributed by atoms with Crippen LogP contribution in [0.1, 0.15) is 24.0 Å². The Morgan fingerprint density at radius 1 is 1.12 bits per heavy atom. The minimum atomic E-state index is 0.574. The highest BCUT2D eigenvalue weighted by molar-refractivity contribution is 7.98. The molecule has 1 aliphatic rings. The summed E-state index contributed by atoms with van der Waals surface area (Å²) >= 11 is 1.57. The number of methoxy groups -OCH3 is 2. The first-order valence-electron chi connectivity index (χ1n) is 8.10. The third-order valence-electron chi connectivity index (χ3n) is 4.04. The monoisotopic (exact) mass is 345 g/mol. The zero-order chi connectivity index (χ0) is 16.9. The summed E-state index contributed by atoms with van der Waals surface area (Å²) in [5.41, 5.74) is 2.33. The van der Waals surface area contributed by atoms with Crippen LogP contribution in [-0.4, -0.2) is 36.5 Å². The van der Waals surface area contributed by atoms with E-state index in [0.29, 0.717) is 6.04 Å². The molecule has 1 fully saturated rings. The topological polar surface area (TPSA) is 56.3 Å². The van der Waals surface area contributed by atoms with Gasteiger partial charge >= 0.3 is 0 Å². The summed E-state index contributed by atoms with van der Waals surface area (Å²) < 4.78 is 10.7. The summed E-state index contributed by atoms with van der Waals surface area (Å²) in [6, 6.07) is 6.56. The second-order valence-corrected chi connectivity index (χ2v) is 6.64. The number of thioether (sulfide) groups is 1. The Balaban J connectivity index is 1.76. The molecule has 6 heteroatoms. The van der Waals surface area contributed by atoms with E-state index in [-0.39, 0.29) is 0 Å². The molecule has 1 saturated carbocycles. The van der Waals surface area contributed by atoms with Gasteiger partial charge in [-0.15, -0.1) is 0 Å². The fourth-order valence-electron chi connectivity index (χ4n) is 2.51. The molecule has 0 atom stereocenters. The summed E-state index contributed by atoms with van der Waals surface area (Å²) in [6.07, 6.45) is 8.16. The first-order chi connectivity index (χ1) is 11.7. The highest BCUT2D eigenvalue weighted by Gasteiger charge is 2.23. The molecule has 0 amide bonds. The van der Waals surface area contributed by atoms with Gasteiger partial charge in [-0.25, -0.2) is 9.97 Å². The number of nitrogens with one attached hydrogen (secondary N) is 1. The number of anilines is 1. The van der Waals surface area contributed by atoms with Crippen LogP contribution in [0.4, 0.5) is 5.82 Å². The molecule has 0 spiro atoms. The zero-order valence-corrected chi connectivity index (χ0v) is 15.2. The number of rotatable bonds is 8. The van der Waals surface area contributed by atoms with E-state index in [1.54, 1.807) is 26.0 Å². The summed E-state index contributed by atoms with van der Waals surface area (Å²) in [7, 11) is 3.34. The highest BCUT2D eigenvalue weighted by atomic mass is 32.2. The Bertz CT molecular complexity index is 682. The maximum Gasteiger partial charge on any atom is 0.189 e. The van der Waals surface area contributed by atoms with Crippen molar-refractivity contribution in [3.63, 3.8) is 0 Å². The van der Waals surface area contributed by atoms with E-state index in [1.165, 1.54) is 18.4 Å². The van der Waals surface area contributed by atoms with Crippen molar-refractivity contribution in [1.82, 2.24) is 9.97 Å². The van der Waals surface area contributed by atoms with Crippen molar-refractivity contribution in [3.8, 4) is 11.5 Å². The second-order valence-electron chi connectivity index (χ2n) is 5.87. The fraction of sp³-hybridized carbons (Fsp3) is 0.444. The van der Waals surface area contributed by atoms with Gasteiger partial charge in [0, 0.05) is 23.9 Å². The van der Waals surface area contributed by atoms with E-state index in [4.69, 9.17) is 9.47 Å². The predicted octanol–water partition coefficient (Wildman–Crippen LogP) is 3.58. The second kappa shape index (κ2) is 7.75. The van der Waals surface area contributed by atoms with Crippen molar-refractivity contribution >= 4 is 17.6 Å². The van der Waals surface area contributed by atoms with Gasteiger partial charge in [0.15, 0.2) is 5.16 Å². The number of aromatic nitrogens is 2. The smallest absolute Gasteiger partial charge is 0.189 e. The lowest BCUT2D eigenvalue weighted by atomic mass is 10.1. The Labute approximate surface area is 147 Å². The van der Waals surface area contributed by atoms with Gasteiger partial charge in [0.05, 0.1) is 14.2 Å². The predicted molar refractivity (Wildman–Crippen MR) is 97.4 cm³/mol. The Kier molecular flexibility index (Phi) is 5.45. The van der Waals surface area contributed by atoms with E-state index in [1.807, 2.05) is 30.7 Å². The number of aryl methyl sites for hydroxylation is 2. The van der Waals surface area contributed by atoms with E-state index in [2.05, 4.69) is 15.3 Å². The summed E-state index contributed by atoms with van der Waals surface area (Å²) in [5, 5.41) is 4.34. The van der Waals surface area contributed by atoms with Crippen molar-refractivity contribution < 1.29 is 9.47 Å². The van der Waals surface area contributed by atoms with Crippen LogP contribution in [0.15, 0.2) is 29.6 Å².